The molecular formula is C19H24F2N4O2S. The second-order valence-electron chi connectivity index (χ2n) is 6.19. The van der Waals surface area contributed by atoms with E-state index in [4.69, 9.17) is 0 Å². The second-order valence-corrected chi connectivity index (χ2v) is 8.03. The van der Waals surface area contributed by atoms with Crippen LogP contribution in [0.4, 0.5) is 14.5 Å². The number of hydrogen-bond donors (Lipinski definition) is 3. The van der Waals surface area contributed by atoms with Crippen LogP contribution in [-0.4, -0.2) is 40.3 Å². The molecule has 0 spiro atoms. The van der Waals surface area contributed by atoms with E-state index in [1.165, 1.54) is 24.3 Å². The van der Waals surface area contributed by atoms with E-state index in [-0.39, 0.29) is 23.8 Å². The van der Waals surface area contributed by atoms with E-state index in [9.17, 15) is 17.2 Å². The highest BCUT2D eigenvalue weighted by Crippen LogP contribution is 2.14. The van der Waals surface area contributed by atoms with Gasteiger partial charge in [0.25, 0.3) is 0 Å². The number of aryl methyl sites for hydroxylation is 1. The zero-order valence-electron chi connectivity index (χ0n) is 15.8. The molecule has 3 N–H and O–H groups in total. The molecule has 0 bridgehead atoms. The molecule has 0 aromatic heterocycles. The van der Waals surface area contributed by atoms with E-state index < -0.39 is 15.8 Å². The fourth-order valence-corrected chi connectivity index (χ4v) is 3.35. The molecule has 0 aliphatic carbocycles. The van der Waals surface area contributed by atoms with Crippen molar-refractivity contribution >= 4 is 21.7 Å². The van der Waals surface area contributed by atoms with Gasteiger partial charge in [0.05, 0.1) is 11.4 Å². The highest BCUT2D eigenvalue weighted by atomic mass is 32.2. The van der Waals surface area contributed by atoms with Crippen LogP contribution in [-0.2, 0) is 16.4 Å². The lowest BCUT2D eigenvalue weighted by molar-refractivity contribution is 0.599. The number of nitrogens with zero attached hydrogens (tertiary/aromatic N) is 1. The monoisotopic (exact) mass is 410 g/mol. The number of hydrogen-bond acceptors (Lipinski definition) is 3. The standard InChI is InChI=1S/C19H24F2N4O2S/c1-14-3-8-17(13-18(14)21)25-28(26,27)12-11-24-19(22-2)23-10-9-15-4-6-16(20)7-5-15/h3-8,13,25H,9-12H2,1-2H3,(H2,22,23,24). The van der Waals surface area contributed by atoms with E-state index in [0.717, 1.165) is 11.6 Å². The molecule has 0 radical (unpaired) electrons. The first-order valence-electron chi connectivity index (χ1n) is 8.74. The molecule has 152 valence electrons. The van der Waals surface area contributed by atoms with Gasteiger partial charge in [0.15, 0.2) is 5.96 Å². The molecule has 0 aliphatic rings. The molecule has 0 saturated heterocycles. The van der Waals surface area contributed by atoms with E-state index in [0.29, 0.717) is 24.5 Å². The van der Waals surface area contributed by atoms with Crippen molar-refractivity contribution in [1.29, 1.82) is 0 Å². The summed E-state index contributed by atoms with van der Waals surface area (Å²) >= 11 is 0. The molecule has 0 aliphatic heterocycles. The minimum Gasteiger partial charge on any atom is -0.356 e. The van der Waals surface area contributed by atoms with Crippen LogP contribution in [0, 0.1) is 18.6 Å². The Balaban J connectivity index is 1.76. The third-order valence-corrected chi connectivity index (χ3v) is 5.24. The van der Waals surface area contributed by atoms with Crippen molar-refractivity contribution in [1.82, 2.24) is 10.6 Å². The lowest BCUT2D eigenvalue weighted by Gasteiger charge is -2.13. The highest BCUT2D eigenvalue weighted by Gasteiger charge is 2.11. The van der Waals surface area contributed by atoms with Crippen LogP contribution >= 0.6 is 0 Å². The summed E-state index contributed by atoms with van der Waals surface area (Å²) in [6.45, 7) is 2.28. The van der Waals surface area contributed by atoms with Crippen LogP contribution in [0.2, 0.25) is 0 Å². The summed E-state index contributed by atoms with van der Waals surface area (Å²) in [6.07, 6.45) is 0.666. The molecule has 28 heavy (non-hydrogen) atoms. The van der Waals surface area contributed by atoms with E-state index >= 15 is 0 Å². The van der Waals surface area contributed by atoms with Gasteiger partial charge < -0.3 is 10.6 Å². The molecule has 2 aromatic carbocycles. The Morgan fingerprint density at radius 3 is 2.36 bits per heavy atom. The Kier molecular flexibility index (Phi) is 7.74. The average Bonchev–Trinajstić information content (AvgIpc) is 2.64. The number of anilines is 1. The summed E-state index contributed by atoms with van der Waals surface area (Å²) in [5.41, 5.74) is 1.60. The number of nitrogens with one attached hydrogen (secondary N) is 3. The van der Waals surface area contributed by atoms with Gasteiger partial charge in [-0.1, -0.05) is 18.2 Å². The molecule has 0 fully saturated rings. The molecule has 9 heteroatoms. The van der Waals surface area contributed by atoms with Crippen molar-refractivity contribution in [2.24, 2.45) is 4.99 Å². The molecule has 2 aromatic rings. The maximum atomic E-state index is 13.5. The molecule has 0 amide bonds. The fourth-order valence-electron chi connectivity index (χ4n) is 2.39. The fraction of sp³-hybridized carbons (Fsp3) is 0.316. The van der Waals surface area contributed by atoms with E-state index in [1.54, 1.807) is 26.1 Å². The van der Waals surface area contributed by atoms with E-state index in [2.05, 4.69) is 20.3 Å². The lowest BCUT2D eigenvalue weighted by atomic mass is 10.1. The summed E-state index contributed by atoms with van der Waals surface area (Å²) in [6, 6.07) is 10.4. The molecular weight excluding hydrogens is 386 g/mol. The number of aliphatic imine (C=N–C) groups is 1. The summed E-state index contributed by atoms with van der Waals surface area (Å²) in [7, 11) is -2.05. The predicted octanol–water partition coefficient (Wildman–Crippen LogP) is 2.42. The largest absolute Gasteiger partial charge is 0.356 e. The van der Waals surface area contributed by atoms with Gasteiger partial charge in [-0.2, -0.15) is 0 Å². The second kappa shape index (κ2) is 10.0. The quantitative estimate of drug-likeness (QED) is 0.461. The normalized spacial score (nSPS) is 11.9. The van der Waals surface area contributed by atoms with Crippen molar-refractivity contribution in [3.05, 3.63) is 65.2 Å². The molecule has 0 saturated carbocycles. The van der Waals surface area contributed by atoms with Gasteiger partial charge in [0, 0.05) is 20.1 Å². The van der Waals surface area contributed by atoms with Crippen LogP contribution in [0.15, 0.2) is 47.5 Å². The minimum atomic E-state index is -3.63. The zero-order chi connectivity index (χ0) is 20.6. The molecule has 0 atom stereocenters. The smallest absolute Gasteiger partial charge is 0.234 e. The first-order valence-corrected chi connectivity index (χ1v) is 10.4. The number of sulfonamides is 1. The Labute approximate surface area is 164 Å². The number of guanidine groups is 1. The molecule has 6 nitrogen and oxygen atoms in total. The van der Waals surface area contributed by atoms with Crippen molar-refractivity contribution in [3.8, 4) is 0 Å². The SMILES string of the molecule is CN=C(NCCc1ccc(F)cc1)NCCS(=O)(=O)Nc1ccc(C)c(F)c1. The van der Waals surface area contributed by atoms with Crippen molar-refractivity contribution < 1.29 is 17.2 Å². The van der Waals surface area contributed by atoms with Gasteiger partial charge in [-0.15, -0.1) is 0 Å². The number of rotatable bonds is 8. The van der Waals surface area contributed by atoms with Gasteiger partial charge >= 0.3 is 0 Å². The van der Waals surface area contributed by atoms with Crippen LogP contribution in [0.25, 0.3) is 0 Å². The molecule has 0 unspecified atom stereocenters. The van der Waals surface area contributed by atoms with Crippen molar-refractivity contribution in [2.75, 3.05) is 30.6 Å². The summed E-state index contributed by atoms with van der Waals surface area (Å²) < 4.78 is 53.0. The maximum absolute atomic E-state index is 13.5. The Bertz CT molecular complexity index is 916. The van der Waals surface area contributed by atoms with Crippen LogP contribution in [0.3, 0.4) is 0 Å². The minimum absolute atomic E-state index is 0.125. The Morgan fingerprint density at radius 2 is 1.71 bits per heavy atom. The predicted molar refractivity (Wildman–Crippen MR) is 108 cm³/mol. The van der Waals surface area contributed by atoms with Crippen LogP contribution in [0.1, 0.15) is 11.1 Å². The highest BCUT2D eigenvalue weighted by molar-refractivity contribution is 7.92. The van der Waals surface area contributed by atoms with Gasteiger partial charge in [-0.05, 0) is 48.7 Å². The molecule has 2 rings (SSSR count). The number of benzene rings is 2. The summed E-state index contributed by atoms with van der Waals surface area (Å²) in [5.74, 6) is -0.499. The van der Waals surface area contributed by atoms with Gasteiger partial charge in [0.1, 0.15) is 11.6 Å². The first-order chi connectivity index (χ1) is 13.3. The van der Waals surface area contributed by atoms with Crippen molar-refractivity contribution in [2.45, 2.75) is 13.3 Å². The first kappa shape index (κ1) is 21.6. The Morgan fingerprint density at radius 1 is 1.04 bits per heavy atom. The topological polar surface area (TPSA) is 82.6 Å². The van der Waals surface area contributed by atoms with Gasteiger partial charge in [-0.3, -0.25) is 9.71 Å². The Hall–Kier alpha value is -2.68. The average molecular weight is 410 g/mol. The van der Waals surface area contributed by atoms with Crippen molar-refractivity contribution in [3.63, 3.8) is 0 Å². The third kappa shape index (κ3) is 7.15. The van der Waals surface area contributed by atoms with E-state index in [1.807, 2.05) is 0 Å². The summed E-state index contributed by atoms with van der Waals surface area (Å²) in [5, 5.41) is 5.98. The van der Waals surface area contributed by atoms with Crippen LogP contribution in [0.5, 0.6) is 0 Å². The van der Waals surface area contributed by atoms with Gasteiger partial charge in [0.2, 0.25) is 10.0 Å². The van der Waals surface area contributed by atoms with Crippen LogP contribution < -0.4 is 15.4 Å². The molecule has 0 heterocycles. The van der Waals surface area contributed by atoms with Gasteiger partial charge in [-0.25, -0.2) is 17.2 Å². The summed E-state index contributed by atoms with van der Waals surface area (Å²) in [4.78, 5) is 4.03. The zero-order valence-corrected chi connectivity index (χ0v) is 16.6. The third-order valence-electron chi connectivity index (χ3n) is 3.95. The maximum Gasteiger partial charge on any atom is 0.234 e. The number of halogens is 2. The lowest BCUT2D eigenvalue weighted by Crippen LogP contribution is -2.40.